The summed E-state index contributed by atoms with van der Waals surface area (Å²) in [6, 6.07) is 0.651. The van der Waals surface area contributed by atoms with Crippen LogP contribution in [0.1, 0.15) is 51.4 Å². The van der Waals surface area contributed by atoms with Crippen LogP contribution in [-0.2, 0) is 9.47 Å². The van der Waals surface area contributed by atoms with Gasteiger partial charge in [-0.3, -0.25) is 4.99 Å². The molecular formula is C19H35N3O2. The molecule has 2 aliphatic carbocycles. The predicted octanol–water partition coefficient (Wildman–Crippen LogP) is 2.56. The topological polar surface area (TPSA) is 54.9 Å². The lowest BCUT2D eigenvalue weighted by Crippen LogP contribution is -2.40. The van der Waals surface area contributed by atoms with Gasteiger partial charge in [0.1, 0.15) is 0 Å². The van der Waals surface area contributed by atoms with E-state index in [4.69, 9.17) is 9.47 Å². The molecular weight excluding hydrogens is 302 g/mol. The molecule has 3 fully saturated rings. The van der Waals surface area contributed by atoms with Crippen molar-refractivity contribution in [2.75, 3.05) is 40.0 Å². The average Bonchev–Trinajstić information content (AvgIpc) is 3.19. The third-order valence-corrected chi connectivity index (χ3v) is 5.78. The van der Waals surface area contributed by atoms with E-state index < -0.39 is 0 Å². The molecule has 138 valence electrons. The minimum absolute atomic E-state index is 0.610. The monoisotopic (exact) mass is 337 g/mol. The lowest BCUT2D eigenvalue weighted by molar-refractivity contribution is 0.0888. The van der Waals surface area contributed by atoms with Crippen LogP contribution in [0.3, 0.4) is 0 Å². The van der Waals surface area contributed by atoms with Crippen molar-refractivity contribution in [3.63, 3.8) is 0 Å². The van der Waals surface area contributed by atoms with Gasteiger partial charge in [-0.05, 0) is 31.1 Å². The van der Waals surface area contributed by atoms with Crippen LogP contribution < -0.4 is 10.6 Å². The fourth-order valence-corrected chi connectivity index (χ4v) is 4.18. The summed E-state index contributed by atoms with van der Waals surface area (Å²) in [5, 5.41) is 7.03. The van der Waals surface area contributed by atoms with Crippen molar-refractivity contribution in [2.45, 2.75) is 57.4 Å². The maximum absolute atomic E-state index is 5.74. The lowest BCUT2D eigenvalue weighted by Gasteiger charge is -2.22. The number of guanidine groups is 1. The van der Waals surface area contributed by atoms with Crippen LogP contribution in [0.15, 0.2) is 4.99 Å². The number of hydrogen-bond acceptors (Lipinski definition) is 3. The fraction of sp³-hybridized carbons (Fsp3) is 0.947. The smallest absolute Gasteiger partial charge is 0.191 e. The van der Waals surface area contributed by atoms with E-state index >= 15 is 0 Å². The Kier molecular flexibility index (Phi) is 7.21. The number of nitrogens with zero attached hydrogens (tertiary/aromatic N) is 1. The normalized spacial score (nSPS) is 31.2. The average molecular weight is 338 g/mol. The molecule has 5 heteroatoms. The van der Waals surface area contributed by atoms with Gasteiger partial charge in [-0.25, -0.2) is 0 Å². The van der Waals surface area contributed by atoms with Gasteiger partial charge in [-0.1, -0.05) is 32.1 Å². The summed E-state index contributed by atoms with van der Waals surface area (Å²) >= 11 is 0. The van der Waals surface area contributed by atoms with Crippen molar-refractivity contribution in [3.05, 3.63) is 0 Å². The van der Waals surface area contributed by atoms with Crippen LogP contribution in [0.2, 0.25) is 0 Å². The molecule has 0 aromatic heterocycles. The van der Waals surface area contributed by atoms with E-state index in [9.17, 15) is 0 Å². The summed E-state index contributed by atoms with van der Waals surface area (Å²) in [7, 11) is 1.87. The van der Waals surface area contributed by atoms with Gasteiger partial charge in [0.05, 0.1) is 13.2 Å². The largest absolute Gasteiger partial charge is 0.381 e. The molecule has 24 heavy (non-hydrogen) atoms. The highest BCUT2D eigenvalue weighted by atomic mass is 16.5. The second-order valence-electron chi connectivity index (χ2n) is 7.71. The summed E-state index contributed by atoms with van der Waals surface area (Å²) in [5.41, 5.74) is 0. The van der Waals surface area contributed by atoms with Crippen LogP contribution in [0.4, 0.5) is 0 Å². The molecule has 1 saturated heterocycles. The van der Waals surface area contributed by atoms with E-state index in [0.29, 0.717) is 12.0 Å². The summed E-state index contributed by atoms with van der Waals surface area (Å²) < 4.78 is 11.1. The van der Waals surface area contributed by atoms with Crippen LogP contribution in [0, 0.1) is 17.8 Å². The summed E-state index contributed by atoms with van der Waals surface area (Å²) in [4.78, 5) is 4.37. The van der Waals surface area contributed by atoms with E-state index in [1.54, 1.807) is 0 Å². The van der Waals surface area contributed by atoms with E-state index in [0.717, 1.165) is 63.6 Å². The Morgan fingerprint density at radius 1 is 1.21 bits per heavy atom. The maximum atomic E-state index is 5.74. The third-order valence-electron chi connectivity index (χ3n) is 5.78. The molecule has 3 rings (SSSR count). The zero-order valence-corrected chi connectivity index (χ0v) is 15.3. The van der Waals surface area contributed by atoms with Crippen LogP contribution in [-0.4, -0.2) is 52.0 Å². The van der Waals surface area contributed by atoms with Gasteiger partial charge >= 0.3 is 0 Å². The van der Waals surface area contributed by atoms with E-state index in [1.807, 2.05) is 7.05 Å². The molecule has 5 nitrogen and oxygen atoms in total. The van der Waals surface area contributed by atoms with E-state index in [-0.39, 0.29) is 0 Å². The highest BCUT2D eigenvalue weighted by Gasteiger charge is 2.43. The first kappa shape index (κ1) is 18.0. The Bertz CT molecular complexity index is 390. The highest BCUT2D eigenvalue weighted by Crippen LogP contribution is 2.44. The minimum atomic E-state index is 0.610. The molecule has 1 heterocycles. The number of hydrogen-bond donors (Lipinski definition) is 2. The second-order valence-corrected chi connectivity index (χ2v) is 7.71. The van der Waals surface area contributed by atoms with Crippen molar-refractivity contribution < 1.29 is 9.47 Å². The molecule has 1 aliphatic heterocycles. The molecule has 3 aliphatic rings. The minimum Gasteiger partial charge on any atom is -0.381 e. The zero-order chi connectivity index (χ0) is 16.6. The van der Waals surface area contributed by atoms with Crippen molar-refractivity contribution >= 4 is 5.96 Å². The van der Waals surface area contributed by atoms with Gasteiger partial charge in [0.25, 0.3) is 0 Å². The Labute approximate surface area is 147 Å². The molecule has 3 atom stereocenters. The van der Waals surface area contributed by atoms with Crippen molar-refractivity contribution in [3.8, 4) is 0 Å². The number of nitrogens with one attached hydrogen (secondary N) is 2. The molecule has 0 radical (unpaired) electrons. The molecule has 2 N–H and O–H groups in total. The molecule has 3 unspecified atom stereocenters. The first-order chi connectivity index (χ1) is 11.9. The Morgan fingerprint density at radius 2 is 2.08 bits per heavy atom. The quantitative estimate of drug-likeness (QED) is 0.406. The summed E-state index contributed by atoms with van der Waals surface area (Å²) in [5.74, 6) is 3.42. The second kappa shape index (κ2) is 9.62. The first-order valence-corrected chi connectivity index (χ1v) is 9.99. The summed E-state index contributed by atoms with van der Waals surface area (Å²) in [6.07, 6.45) is 10.7. The predicted molar refractivity (Wildman–Crippen MR) is 97.3 cm³/mol. The van der Waals surface area contributed by atoms with Crippen molar-refractivity contribution in [1.82, 2.24) is 10.6 Å². The maximum Gasteiger partial charge on any atom is 0.191 e. The Hall–Kier alpha value is -0.810. The van der Waals surface area contributed by atoms with Crippen LogP contribution >= 0.6 is 0 Å². The Morgan fingerprint density at radius 3 is 2.83 bits per heavy atom. The van der Waals surface area contributed by atoms with Gasteiger partial charge in [0.15, 0.2) is 5.96 Å². The Balaban J connectivity index is 1.22. The number of rotatable bonds is 8. The van der Waals surface area contributed by atoms with Gasteiger partial charge in [0, 0.05) is 38.8 Å². The first-order valence-electron chi connectivity index (χ1n) is 9.99. The highest BCUT2D eigenvalue weighted by molar-refractivity contribution is 5.80. The number of aliphatic imine (C=N–C) groups is 1. The lowest BCUT2D eigenvalue weighted by atomic mass is 9.85. The van der Waals surface area contributed by atoms with Gasteiger partial charge in [-0.2, -0.15) is 0 Å². The molecule has 0 aromatic carbocycles. The van der Waals surface area contributed by atoms with Gasteiger partial charge in [0.2, 0.25) is 0 Å². The van der Waals surface area contributed by atoms with Gasteiger partial charge < -0.3 is 20.1 Å². The van der Waals surface area contributed by atoms with E-state index in [2.05, 4.69) is 15.6 Å². The molecule has 0 spiro atoms. The molecule has 0 amide bonds. The summed E-state index contributed by atoms with van der Waals surface area (Å²) in [6.45, 7) is 4.35. The van der Waals surface area contributed by atoms with E-state index in [1.165, 1.54) is 38.5 Å². The van der Waals surface area contributed by atoms with Crippen molar-refractivity contribution in [2.24, 2.45) is 22.7 Å². The van der Waals surface area contributed by atoms with Gasteiger partial charge in [-0.15, -0.1) is 0 Å². The standard InChI is InChI=1S/C19H35N3O2/c1-20-19(21-9-5-10-23-13-15-8-11-24-14-15)22-18-12-17(18)16-6-3-2-4-7-16/h15-18H,2-14H2,1H3,(H2,20,21,22). The SMILES string of the molecule is CN=C(NCCCOCC1CCOC1)NC1CC1C1CCCCC1. The third kappa shape index (κ3) is 5.62. The fourth-order valence-electron chi connectivity index (χ4n) is 4.18. The van der Waals surface area contributed by atoms with Crippen molar-refractivity contribution in [1.29, 1.82) is 0 Å². The number of ether oxygens (including phenoxy) is 2. The van der Waals surface area contributed by atoms with Crippen LogP contribution in [0.25, 0.3) is 0 Å². The molecule has 2 saturated carbocycles. The molecule has 0 bridgehead atoms. The van der Waals surface area contributed by atoms with Crippen LogP contribution in [0.5, 0.6) is 0 Å². The zero-order valence-electron chi connectivity index (χ0n) is 15.3. The molecule has 0 aromatic rings.